The number of carbonyl (C=O) groups excluding carboxylic acids is 1. The number of amides is 1. The SMILES string of the molecule is C=CC[C@H](CCN(Cc1ccccc1)C(=O)OCc1ccccc1)C[C@H]1O[C@@H](OC)[C@H]2OC(C)(C)OC12. The summed E-state index contributed by atoms with van der Waals surface area (Å²) in [6.07, 6.45) is 2.88. The van der Waals surface area contributed by atoms with Crippen molar-refractivity contribution in [3.63, 3.8) is 0 Å². The van der Waals surface area contributed by atoms with Gasteiger partial charge in [0, 0.05) is 20.2 Å². The van der Waals surface area contributed by atoms with Crippen LogP contribution in [-0.4, -0.2) is 55.0 Å². The fourth-order valence-electron chi connectivity index (χ4n) is 5.11. The van der Waals surface area contributed by atoms with Crippen LogP contribution in [0.5, 0.6) is 0 Å². The van der Waals surface area contributed by atoms with Crippen LogP contribution in [0, 0.1) is 5.92 Å². The summed E-state index contributed by atoms with van der Waals surface area (Å²) in [6, 6.07) is 19.7. The molecule has 0 aliphatic carbocycles. The van der Waals surface area contributed by atoms with Gasteiger partial charge in [0.1, 0.15) is 18.8 Å². The number of allylic oxidation sites excluding steroid dienone is 1. The van der Waals surface area contributed by atoms with E-state index in [4.69, 9.17) is 23.7 Å². The number of benzene rings is 2. The number of hydrogen-bond donors (Lipinski definition) is 0. The van der Waals surface area contributed by atoms with Crippen LogP contribution in [-0.2, 0) is 36.8 Å². The number of fused-ring (bicyclic) bond motifs is 1. The topological polar surface area (TPSA) is 66.5 Å². The first-order chi connectivity index (χ1) is 17.9. The largest absolute Gasteiger partial charge is 0.445 e. The van der Waals surface area contributed by atoms with E-state index in [9.17, 15) is 4.79 Å². The van der Waals surface area contributed by atoms with E-state index in [2.05, 4.69) is 6.58 Å². The van der Waals surface area contributed by atoms with Gasteiger partial charge in [0.15, 0.2) is 12.1 Å². The molecule has 2 aromatic carbocycles. The van der Waals surface area contributed by atoms with E-state index in [-0.39, 0.29) is 36.9 Å². The molecule has 7 heteroatoms. The Hall–Kier alpha value is -2.71. The van der Waals surface area contributed by atoms with E-state index in [1.54, 1.807) is 12.0 Å². The number of carbonyl (C=O) groups is 1. The Morgan fingerprint density at radius 1 is 1.05 bits per heavy atom. The fraction of sp³-hybridized carbons (Fsp3) is 0.500. The van der Waals surface area contributed by atoms with Crippen LogP contribution in [0.15, 0.2) is 73.3 Å². The minimum atomic E-state index is -0.670. The maximum absolute atomic E-state index is 13.1. The zero-order chi connectivity index (χ0) is 26.3. The molecule has 4 rings (SSSR count). The standard InChI is InChI=1S/C30H39NO6/c1-5-12-22(19-25-26-27(28(33-4)35-25)37-30(2,3)36-26)17-18-31(20-23-13-8-6-9-14-23)29(32)34-21-24-15-10-7-11-16-24/h5-11,13-16,22,25-28H,1,12,17-21H2,2-4H3/t22-,25-,26?,27+,28-/m1/s1. The summed E-state index contributed by atoms with van der Waals surface area (Å²) in [7, 11) is 1.63. The summed E-state index contributed by atoms with van der Waals surface area (Å²) in [5.41, 5.74) is 2.02. The summed E-state index contributed by atoms with van der Waals surface area (Å²) >= 11 is 0. The average Bonchev–Trinajstić information content (AvgIpc) is 3.38. The Balaban J connectivity index is 1.40. The molecule has 0 aromatic heterocycles. The Labute approximate surface area is 220 Å². The zero-order valence-electron chi connectivity index (χ0n) is 22.1. The van der Waals surface area contributed by atoms with Gasteiger partial charge in [-0.2, -0.15) is 0 Å². The molecule has 200 valence electrons. The van der Waals surface area contributed by atoms with Crippen molar-refractivity contribution in [1.82, 2.24) is 4.90 Å². The van der Waals surface area contributed by atoms with Gasteiger partial charge in [0.2, 0.25) is 0 Å². The van der Waals surface area contributed by atoms with Crippen LogP contribution in [0.2, 0.25) is 0 Å². The van der Waals surface area contributed by atoms with Gasteiger partial charge in [-0.15, -0.1) is 6.58 Å². The third-order valence-corrected chi connectivity index (χ3v) is 6.89. The normalized spacial score (nSPS) is 24.8. The van der Waals surface area contributed by atoms with E-state index in [1.165, 1.54) is 0 Å². The summed E-state index contributed by atoms with van der Waals surface area (Å²) < 4.78 is 29.6. The number of rotatable bonds is 12. The number of nitrogens with zero attached hydrogens (tertiary/aromatic N) is 1. The highest BCUT2D eigenvalue weighted by Crippen LogP contribution is 2.41. The lowest BCUT2D eigenvalue weighted by molar-refractivity contribution is -0.228. The molecule has 0 saturated carbocycles. The van der Waals surface area contributed by atoms with E-state index in [0.29, 0.717) is 13.1 Å². The molecular formula is C30H39NO6. The van der Waals surface area contributed by atoms with Gasteiger partial charge < -0.3 is 28.6 Å². The van der Waals surface area contributed by atoms with Gasteiger partial charge >= 0.3 is 6.09 Å². The Morgan fingerprint density at radius 3 is 2.35 bits per heavy atom. The van der Waals surface area contributed by atoms with Crippen LogP contribution in [0.3, 0.4) is 0 Å². The van der Waals surface area contributed by atoms with Gasteiger partial charge in [0.05, 0.1) is 6.10 Å². The quantitative estimate of drug-likeness (QED) is 0.343. The molecule has 2 fully saturated rings. The van der Waals surface area contributed by atoms with Gasteiger partial charge in [-0.1, -0.05) is 66.7 Å². The van der Waals surface area contributed by atoms with Crippen LogP contribution < -0.4 is 0 Å². The van der Waals surface area contributed by atoms with Crippen LogP contribution in [0.4, 0.5) is 4.79 Å². The monoisotopic (exact) mass is 509 g/mol. The fourth-order valence-corrected chi connectivity index (χ4v) is 5.11. The first kappa shape index (κ1) is 27.3. The second-order valence-corrected chi connectivity index (χ2v) is 10.2. The third kappa shape index (κ3) is 7.42. The van der Waals surface area contributed by atoms with Crippen molar-refractivity contribution in [2.45, 2.75) is 76.7 Å². The molecule has 1 amide bonds. The van der Waals surface area contributed by atoms with Crippen molar-refractivity contribution in [2.24, 2.45) is 5.92 Å². The lowest BCUT2D eigenvalue weighted by Gasteiger charge is -2.28. The highest BCUT2D eigenvalue weighted by molar-refractivity contribution is 5.67. The second kappa shape index (κ2) is 12.7. The summed E-state index contributed by atoms with van der Waals surface area (Å²) in [4.78, 5) is 14.9. The van der Waals surface area contributed by atoms with Crippen LogP contribution in [0.25, 0.3) is 0 Å². The molecule has 0 bridgehead atoms. The summed E-state index contributed by atoms with van der Waals surface area (Å²) in [5.74, 6) is -0.428. The van der Waals surface area contributed by atoms with Gasteiger partial charge in [0.25, 0.3) is 0 Å². The maximum Gasteiger partial charge on any atom is 0.410 e. The molecule has 2 aliphatic heterocycles. The molecule has 0 radical (unpaired) electrons. The first-order valence-electron chi connectivity index (χ1n) is 13.0. The van der Waals surface area contributed by atoms with Crippen molar-refractivity contribution in [3.05, 3.63) is 84.4 Å². The second-order valence-electron chi connectivity index (χ2n) is 10.2. The molecule has 2 aromatic rings. The first-order valence-corrected chi connectivity index (χ1v) is 13.0. The predicted octanol–water partition coefficient (Wildman–Crippen LogP) is 5.69. The lowest BCUT2D eigenvalue weighted by atomic mass is 9.92. The van der Waals surface area contributed by atoms with Crippen molar-refractivity contribution in [3.8, 4) is 0 Å². The van der Waals surface area contributed by atoms with E-state index in [1.807, 2.05) is 80.6 Å². The van der Waals surface area contributed by atoms with Crippen molar-refractivity contribution < 1.29 is 28.5 Å². The van der Waals surface area contributed by atoms with Crippen molar-refractivity contribution in [1.29, 1.82) is 0 Å². The average molecular weight is 510 g/mol. The molecular weight excluding hydrogens is 470 g/mol. The molecule has 1 unspecified atom stereocenters. The number of ether oxygens (including phenoxy) is 5. The van der Waals surface area contributed by atoms with Gasteiger partial charge in [-0.25, -0.2) is 4.79 Å². The van der Waals surface area contributed by atoms with E-state index in [0.717, 1.165) is 30.4 Å². The smallest absolute Gasteiger partial charge is 0.410 e. The Kier molecular flexibility index (Phi) is 9.38. The van der Waals surface area contributed by atoms with E-state index < -0.39 is 12.1 Å². The molecule has 0 spiro atoms. The number of hydrogen-bond acceptors (Lipinski definition) is 6. The molecule has 7 nitrogen and oxygen atoms in total. The summed E-state index contributed by atoms with van der Waals surface area (Å²) in [6.45, 7) is 9.07. The van der Waals surface area contributed by atoms with E-state index >= 15 is 0 Å². The minimum absolute atomic E-state index is 0.158. The zero-order valence-corrected chi connectivity index (χ0v) is 22.1. The molecule has 37 heavy (non-hydrogen) atoms. The van der Waals surface area contributed by atoms with Crippen LogP contribution in [0.1, 0.15) is 44.2 Å². The highest BCUT2D eigenvalue weighted by Gasteiger charge is 2.55. The third-order valence-electron chi connectivity index (χ3n) is 6.89. The maximum atomic E-state index is 13.1. The van der Waals surface area contributed by atoms with Crippen molar-refractivity contribution in [2.75, 3.05) is 13.7 Å². The molecule has 2 aliphatic rings. The predicted molar refractivity (Wildman–Crippen MR) is 141 cm³/mol. The lowest BCUT2D eigenvalue weighted by Crippen LogP contribution is -2.34. The van der Waals surface area contributed by atoms with Gasteiger partial charge in [-0.3, -0.25) is 0 Å². The Bertz CT molecular complexity index is 998. The molecule has 5 atom stereocenters. The number of methoxy groups -OCH3 is 1. The minimum Gasteiger partial charge on any atom is -0.445 e. The summed E-state index contributed by atoms with van der Waals surface area (Å²) in [5, 5.41) is 0. The Morgan fingerprint density at radius 2 is 1.70 bits per heavy atom. The molecule has 2 saturated heterocycles. The molecule has 2 heterocycles. The van der Waals surface area contributed by atoms with Crippen LogP contribution >= 0.6 is 0 Å². The van der Waals surface area contributed by atoms with Crippen molar-refractivity contribution >= 4 is 6.09 Å². The highest BCUT2D eigenvalue weighted by atomic mass is 16.8. The van der Waals surface area contributed by atoms with Gasteiger partial charge in [-0.05, 0) is 50.2 Å². The molecule has 0 N–H and O–H groups in total.